The minimum absolute atomic E-state index is 0.150. The average Bonchev–Trinajstić information content (AvgIpc) is 2.27. The number of hydrogen-bond donors (Lipinski definition) is 1. The number of carbonyl (C=O) groups is 1. The summed E-state index contributed by atoms with van der Waals surface area (Å²) in [6.45, 7) is 13.1. The van der Waals surface area contributed by atoms with Gasteiger partial charge in [0.25, 0.3) is 5.91 Å². The van der Waals surface area contributed by atoms with Crippen LogP contribution in [0.4, 0.5) is 11.4 Å². The molecule has 0 bridgehead atoms. The maximum atomic E-state index is 12.6. The summed E-state index contributed by atoms with van der Waals surface area (Å²) in [6.07, 6.45) is 0. The van der Waals surface area contributed by atoms with Crippen molar-refractivity contribution in [2.24, 2.45) is 5.92 Å². The Morgan fingerprint density at radius 3 is 2.37 bits per heavy atom. The highest BCUT2D eigenvalue weighted by molar-refractivity contribution is 6.07. The van der Waals surface area contributed by atoms with Crippen molar-refractivity contribution in [1.82, 2.24) is 0 Å². The molecule has 1 N–H and O–H groups in total. The lowest BCUT2D eigenvalue weighted by Gasteiger charge is -2.41. The Labute approximate surface area is 116 Å². The van der Waals surface area contributed by atoms with Crippen LogP contribution >= 0.6 is 0 Å². The van der Waals surface area contributed by atoms with Gasteiger partial charge in [-0.2, -0.15) is 0 Å². The van der Waals surface area contributed by atoms with Crippen LogP contribution in [0.1, 0.15) is 38.8 Å². The molecule has 19 heavy (non-hydrogen) atoms. The van der Waals surface area contributed by atoms with Gasteiger partial charge in [0.05, 0.1) is 11.4 Å². The number of nitrogens with one attached hydrogen (secondary N) is 1. The summed E-state index contributed by atoms with van der Waals surface area (Å²) in [5.74, 6) is 0.601. The summed E-state index contributed by atoms with van der Waals surface area (Å²) in [4.78, 5) is 14.5. The van der Waals surface area contributed by atoms with Gasteiger partial charge < -0.3 is 10.2 Å². The lowest BCUT2D eigenvalue weighted by Crippen LogP contribution is -2.54. The van der Waals surface area contributed by atoms with Gasteiger partial charge in [-0.15, -0.1) is 0 Å². The van der Waals surface area contributed by atoms with E-state index in [0.29, 0.717) is 5.92 Å². The quantitative estimate of drug-likeness (QED) is 0.882. The number of benzene rings is 1. The summed E-state index contributed by atoms with van der Waals surface area (Å²) in [5, 5.41) is 3.37. The van der Waals surface area contributed by atoms with Crippen LogP contribution in [0.15, 0.2) is 12.1 Å². The van der Waals surface area contributed by atoms with Gasteiger partial charge in [0, 0.05) is 6.54 Å². The first-order chi connectivity index (χ1) is 8.72. The van der Waals surface area contributed by atoms with Crippen molar-refractivity contribution in [3.63, 3.8) is 0 Å². The standard InChI is InChI=1S/C16H24N2O/c1-10(2)9-18-14-8-12(4)11(3)7-13(14)17-16(5,6)15(18)19/h7-8,10,17H,9H2,1-6H3. The molecular formula is C16H24N2O. The summed E-state index contributed by atoms with van der Waals surface area (Å²) in [6, 6.07) is 4.26. The van der Waals surface area contributed by atoms with Gasteiger partial charge in [0.15, 0.2) is 0 Å². The largest absolute Gasteiger partial charge is 0.370 e. The van der Waals surface area contributed by atoms with Crippen molar-refractivity contribution in [3.8, 4) is 0 Å². The molecule has 104 valence electrons. The second kappa shape index (κ2) is 4.55. The number of nitrogens with zero attached hydrogens (tertiary/aromatic N) is 1. The predicted octanol–water partition coefficient (Wildman–Crippen LogP) is 3.50. The Bertz CT molecular complexity index is 518. The Morgan fingerprint density at radius 2 is 1.79 bits per heavy atom. The molecule has 3 heteroatoms. The van der Waals surface area contributed by atoms with Crippen LogP contribution in [0.5, 0.6) is 0 Å². The smallest absolute Gasteiger partial charge is 0.252 e. The molecule has 1 amide bonds. The molecule has 0 fully saturated rings. The molecule has 0 radical (unpaired) electrons. The maximum Gasteiger partial charge on any atom is 0.252 e. The molecule has 0 atom stereocenters. The summed E-state index contributed by atoms with van der Waals surface area (Å²) < 4.78 is 0. The molecule has 1 aliphatic heterocycles. The molecule has 0 unspecified atom stereocenters. The fourth-order valence-corrected chi connectivity index (χ4v) is 2.51. The van der Waals surface area contributed by atoms with E-state index in [0.717, 1.165) is 17.9 Å². The molecule has 0 saturated heterocycles. The fraction of sp³-hybridized carbons (Fsp3) is 0.562. The first kappa shape index (κ1) is 13.9. The second-order valence-corrected chi connectivity index (χ2v) is 6.51. The first-order valence-corrected chi connectivity index (χ1v) is 6.94. The van der Waals surface area contributed by atoms with E-state index < -0.39 is 5.54 Å². The lowest BCUT2D eigenvalue weighted by atomic mass is 9.95. The zero-order valence-corrected chi connectivity index (χ0v) is 12.8. The third-order valence-corrected chi connectivity index (χ3v) is 3.68. The number of aryl methyl sites for hydroxylation is 2. The Hall–Kier alpha value is -1.51. The van der Waals surface area contributed by atoms with Crippen molar-refractivity contribution in [3.05, 3.63) is 23.3 Å². The van der Waals surface area contributed by atoms with Crippen molar-refractivity contribution in [2.45, 2.75) is 47.1 Å². The average molecular weight is 260 g/mol. The van der Waals surface area contributed by atoms with E-state index >= 15 is 0 Å². The van der Waals surface area contributed by atoms with Crippen LogP contribution in [0, 0.1) is 19.8 Å². The monoisotopic (exact) mass is 260 g/mol. The number of hydrogen-bond acceptors (Lipinski definition) is 2. The molecule has 0 aliphatic carbocycles. The maximum absolute atomic E-state index is 12.6. The topological polar surface area (TPSA) is 32.3 Å². The fourth-order valence-electron chi connectivity index (χ4n) is 2.51. The summed E-state index contributed by atoms with van der Waals surface area (Å²) in [5.41, 5.74) is 4.01. The van der Waals surface area contributed by atoms with Crippen molar-refractivity contribution in [2.75, 3.05) is 16.8 Å². The Balaban J connectivity index is 2.55. The molecule has 0 spiro atoms. The van der Waals surface area contributed by atoms with E-state index in [-0.39, 0.29) is 5.91 Å². The molecule has 1 aliphatic rings. The number of rotatable bonds is 2. The zero-order valence-electron chi connectivity index (χ0n) is 12.8. The molecule has 1 aromatic rings. The van der Waals surface area contributed by atoms with Gasteiger partial charge in [-0.05, 0) is 56.9 Å². The van der Waals surface area contributed by atoms with E-state index in [4.69, 9.17) is 0 Å². The third-order valence-electron chi connectivity index (χ3n) is 3.68. The highest BCUT2D eigenvalue weighted by atomic mass is 16.2. The predicted molar refractivity (Wildman–Crippen MR) is 80.8 cm³/mol. The lowest BCUT2D eigenvalue weighted by molar-refractivity contribution is -0.122. The molecule has 0 saturated carbocycles. The van der Waals surface area contributed by atoms with E-state index in [9.17, 15) is 4.79 Å². The van der Waals surface area contributed by atoms with Gasteiger partial charge in [-0.1, -0.05) is 13.8 Å². The van der Waals surface area contributed by atoms with E-state index in [1.807, 2.05) is 18.7 Å². The minimum Gasteiger partial charge on any atom is -0.370 e. The number of carbonyl (C=O) groups excluding carboxylic acids is 1. The van der Waals surface area contributed by atoms with Crippen LogP contribution in [0.2, 0.25) is 0 Å². The zero-order chi connectivity index (χ0) is 14.4. The summed E-state index contributed by atoms with van der Waals surface area (Å²) >= 11 is 0. The van der Waals surface area contributed by atoms with Crippen LogP contribution in [-0.4, -0.2) is 18.0 Å². The molecule has 3 nitrogen and oxygen atoms in total. The van der Waals surface area contributed by atoms with Crippen molar-refractivity contribution >= 4 is 17.3 Å². The van der Waals surface area contributed by atoms with Crippen LogP contribution < -0.4 is 10.2 Å². The van der Waals surface area contributed by atoms with Gasteiger partial charge in [0.1, 0.15) is 5.54 Å². The molecule has 1 aromatic carbocycles. The van der Waals surface area contributed by atoms with Gasteiger partial charge in [0.2, 0.25) is 0 Å². The van der Waals surface area contributed by atoms with Gasteiger partial charge in [-0.3, -0.25) is 4.79 Å². The third kappa shape index (κ3) is 2.46. The Morgan fingerprint density at radius 1 is 1.21 bits per heavy atom. The normalized spacial score (nSPS) is 17.4. The first-order valence-electron chi connectivity index (χ1n) is 6.94. The number of anilines is 2. The van der Waals surface area contributed by atoms with Crippen LogP contribution in [-0.2, 0) is 4.79 Å². The molecular weight excluding hydrogens is 236 g/mol. The molecule has 0 aromatic heterocycles. The summed E-state index contributed by atoms with van der Waals surface area (Å²) in [7, 11) is 0. The molecule has 2 rings (SSSR count). The van der Waals surface area contributed by atoms with Crippen molar-refractivity contribution in [1.29, 1.82) is 0 Å². The highest BCUT2D eigenvalue weighted by Crippen LogP contribution is 2.37. The van der Waals surface area contributed by atoms with Gasteiger partial charge >= 0.3 is 0 Å². The SMILES string of the molecule is Cc1cc2c(cc1C)N(CC(C)C)C(=O)C(C)(C)N2. The minimum atomic E-state index is -0.538. The van der Waals surface area contributed by atoms with Crippen molar-refractivity contribution < 1.29 is 4.79 Å². The number of amides is 1. The number of fused-ring (bicyclic) bond motifs is 1. The van der Waals surface area contributed by atoms with E-state index in [2.05, 4.69) is 45.1 Å². The van der Waals surface area contributed by atoms with E-state index in [1.165, 1.54) is 11.1 Å². The highest BCUT2D eigenvalue weighted by Gasteiger charge is 2.38. The van der Waals surface area contributed by atoms with Crippen LogP contribution in [0.25, 0.3) is 0 Å². The van der Waals surface area contributed by atoms with Crippen LogP contribution in [0.3, 0.4) is 0 Å². The molecule has 1 heterocycles. The van der Waals surface area contributed by atoms with E-state index in [1.54, 1.807) is 0 Å². The second-order valence-electron chi connectivity index (χ2n) is 6.51. The van der Waals surface area contributed by atoms with Gasteiger partial charge in [-0.25, -0.2) is 0 Å². The Kier molecular flexibility index (Phi) is 3.33.